The number of rotatable bonds is 5. The van der Waals surface area contributed by atoms with Gasteiger partial charge in [0.2, 0.25) is 5.91 Å². The van der Waals surface area contributed by atoms with Crippen LogP contribution in [0.25, 0.3) is 0 Å². The van der Waals surface area contributed by atoms with Gasteiger partial charge in [-0.05, 0) is 36.2 Å². The number of pyridine rings is 2. The smallest absolute Gasteiger partial charge is 0.248 e. The molecule has 1 amide bonds. The van der Waals surface area contributed by atoms with Crippen LogP contribution in [-0.2, 0) is 11.3 Å². The zero-order chi connectivity index (χ0) is 15.4. The van der Waals surface area contributed by atoms with Crippen LogP contribution < -0.4 is 10.6 Å². The topological polar surface area (TPSA) is 81.3 Å². The van der Waals surface area contributed by atoms with Crippen LogP contribution in [-0.4, -0.2) is 35.1 Å². The zero-order valence-corrected chi connectivity index (χ0v) is 12.2. The highest BCUT2D eigenvalue weighted by Gasteiger charge is 2.24. The molecule has 1 aliphatic rings. The lowest BCUT2D eigenvalue weighted by Crippen LogP contribution is -2.24. The molecule has 1 aliphatic heterocycles. The maximum Gasteiger partial charge on any atom is 0.248 e. The Morgan fingerprint density at radius 3 is 2.91 bits per heavy atom. The first-order valence-corrected chi connectivity index (χ1v) is 7.23. The minimum atomic E-state index is -0.437. The third-order valence-electron chi connectivity index (χ3n) is 3.73. The first-order valence-electron chi connectivity index (χ1n) is 7.23. The van der Waals surface area contributed by atoms with Crippen molar-refractivity contribution in [2.24, 2.45) is 5.73 Å². The van der Waals surface area contributed by atoms with Crippen LogP contribution in [0.2, 0.25) is 0 Å². The number of aromatic nitrogens is 2. The molecule has 114 valence electrons. The van der Waals surface area contributed by atoms with Crippen molar-refractivity contribution in [1.29, 1.82) is 0 Å². The number of carbonyl (C=O) groups is 1. The second-order valence-electron chi connectivity index (χ2n) is 5.29. The van der Waals surface area contributed by atoms with Crippen molar-refractivity contribution in [1.82, 2.24) is 9.97 Å². The Bertz CT molecular complexity index is 648. The Labute approximate surface area is 128 Å². The molecular weight excluding hydrogens is 280 g/mol. The van der Waals surface area contributed by atoms with E-state index in [-0.39, 0.29) is 6.10 Å². The van der Waals surface area contributed by atoms with Crippen molar-refractivity contribution in [2.75, 3.05) is 18.0 Å². The van der Waals surface area contributed by atoms with Crippen molar-refractivity contribution in [3.8, 4) is 0 Å². The van der Waals surface area contributed by atoms with Gasteiger partial charge in [0.05, 0.1) is 12.7 Å². The van der Waals surface area contributed by atoms with Gasteiger partial charge in [-0.3, -0.25) is 9.78 Å². The third kappa shape index (κ3) is 3.40. The van der Waals surface area contributed by atoms with Gasteiger partial charge in [0.25, 0.3) is 0 Å². The lowest BCUT2D eigenvalue weighted by Gasteiger charge is -2.18. The molecule has 0 radical (unpaired) electrons. The maximum absolute atomic E-state index is 11.2. The van der Waals surface area contributed by atoms with Gasteiger partial charge in [0.15, 0.2) is 0 Å². The van der Waals surface area contributed by atoms with Crippen molar-refractivity contribution in [2.45, 2.75) is 19.1 Å². The molecule has 3 heterocycles. The van der Waals surface area contributed by atoms with Crippen LogP contribution in [0.4, 0.5) is 5.82 Å². The van der Waals surface area contributed by atoms with Crippen molar-refractivity contribution in [3.05, 3.63) is 54.0 Å². The number of amides is 1. The van der Waals surface area contributed by atoms with Gasteiger partial charge in [-0.15, -0.1) is 0 Å². The Morgan fingerprint density at radius 1 is 1.32 bits per heavy atom. The van der Waals surface area contributed by atoms with E-state index in [4.69, 9.17) is 10.5 Å². The second-order valence-corrected chi connectivity index (χ2v) is 5.29. The molecule has 1 unspecified atom stereocenters. The minimum absolute atomic E-state index is 0.159. The van der Waals surface area contributed by atoms with E-state index in [0.29, 0.717) is 12.2 Å². The fourth-order valence-corrected chi connectivity index (χ4v) is 2.51. The fourth-order valence-electron chi connectivity index (χ4n) is 2.51. The molecule has 1 atom stereocenters. The van der Waals surface area contributed by atoms with Crippen LogP contribution in [0, 0.1) is 0 Å². The van der Waals surface area contributed by atoms with Crippen molar-refractivity contribution in [3.63, 3.8) is 0 Å². The average Bonchev–Trinajstić information content (AvgIpc) is 3.03. The van der Waals surface area contributed by atoms with Gasteiger partial charge in [0.1, 0.15) is 5.82 Å². The molecule has 0 aliphatic carbocycles. The predicted octanol–water partition coefficient (Wildman–Crippen LogP) is 1.37. The molecule has 1 saturated heterocycles. The molecule has 0 aromatic carbocycles. The Hall–Kier alpha value is -2.47. The largest absolute Gasteiger partial charge is 0.372 e. The molecule has 0 bridgehead atoms. The summed E-state index contributed by atoms with van der Waals surface area (Å²) < 4.78 is 5.93. The molecule has 1 fully saturated rings. The normalized spacial score (nSPS) is 17.6. The standard InChI is InChI=1S/C16H18N4O2/c17-16(21)13-3-7-19-15(9-13)20-8-4-14(10-20)22-11-12-1-5-18-6-2-12/h1-3,5-7,9,14H,4,8,10-11H2,(H2,17,21). The van der Waals surface area contributed by atoms with Gasteiger partial charge in [-0.2, -0.15) is 0 Å². The number of ether oxygens (including phenoxy) is 1. The highest BCUT2D eigenvalue weighted by Crippen LogP contribution is 2.21. The molecule has 2 aromatic heterocycles. The van der Waals surface area contributed by atoms with E-state index in [1.54, 1.807) is 30.7 Å². The van der Waals surface area contributed by atoms with Crippen LogP contribution in [0.15, 0.2) is 42.9 Å². The van der Waals surface area contributed by atoms with E-state index in [1.165, 1.54) is 0 Å². The van der Waals surface area contributed by atoms with Crippen LogP contribution in [0.1, 0.15) is 22.3 Å². The Kier molecular flexibility index (Phi) is 4.29. The van der Waals surface area contributed by atoms with E-state index >= 15 is 0 Å². The predicted molar refractivity (Wildman–Crippen MR) is 82.4 cm³/mol. The number of hydrogen-bond acceptors (Lipinski definition) is 5. The molecule has 0 spiro atoms. The van der Waals surface area contributed by atoms with Crippen molar-refractivity contribution >= 4 is 11.7 Å². The average molecular weight is 298 g/mol. The molecule has 3 rings (SSSR count). The lowest BCUT2D eigenvalue weighted by molar-refractivity contribution is 0.0553. The quantitative estimate of drug-likeness (QED) is 0.901. The molecule has 0 saturated carbocycles. The van der Waals surface area contributed by atoms with Gasteiger partial charge < -0.3 is 15.4 Å². The van der Waals surface area contributed by atoms with E-state index in [2.05, 4.69) is 14.9 Å². The highest BCUT2D eigenvalue weighted by atomic mass is 16.5. The SMILES string of the molecule is NC(=O)c1ccnc(N2CCC(OCc3ccncc3)C2)c1. The number of anilines is 1. The first kappa shape index (κ1) is 14.5. The summed E-state index contributed by atoms with van der Waals surface area (Å²) in [5, 5.41) is 0. The second kappa shape index (κ2) is 6.53. The number of hydrogen-bond donors (Lipinski definition) is 1. The summed E-state index contributed by atoms with van der Waals surface area (Å²) in [6, 6.07) is 7.25. The molecule has 6 heteroatoms. The van der Waals surface area contributed by atoms with E-state index < -0.39 is 5.91 Å². The summed E-state index contributed by atoms with van der Waals surface area (Å²) in [5.41, 5.74) is 6.90. The van der Waals surface area contributed by atoms with Gasteiger partial charge in [0, 0.05) is 37.2 Å². The van der Waals surface area contributed by atoms with Crippen LogP contribution in [0.3, 0.4) is 0 Å². The maximum atomic E-state index is 11.2. The summed E-state index contributed by atoms with van der Waals surface area (Å²) in [6.45, 7) is 2.20. The molecular formula is C16H18N4O2. The van der Waals surface area contributed by atoms with Crippen molar-refractivity contribution < 1.29 is 9.53 Å². The van der Waals surface area contributed by atoms with E-state index in [9.17, 15) is 4.79 Å². The number of nitrogens with zero attached hydrogens (tertiary/aromatic N) is 3. The molecule has 2 N–H and O–H groups in total. The van der Waals surface area contributed by atoms with Crippen LogP contribution in [0.5, 0.6) is 0 Å². The van der Waals surface area contributed by atoms with Gasteiger partial charge >= 0.3 is 0 Å². The monoisotopic (exact) mass is 298 g/mol. The number of carbonyl (C=O) groups excluding carboxylic acids is 1. The summed E-state index contributed by atoms with van der Waals surface area (Å²) in [6.07, 6.45) is 6.23. The van der Waals surface area contributed by atoms with E-state index in [1.807, 2.05) is 12.1 Å². The third-order valence-corrected chi connectivity index (χ3v) is 3.73. The number of nitrogens with two attached hydrogens (primary N) is 1. The fraction of sp³-hybridized carbons (Fsp3) is 0.312. The van der Waals surface area contributed by atoms with Gasteiger partial charge in [-0.25, -0.2) is 4.98 Å². The van der Waals surface area contributed by atoms with Crippen LogP contribution >= 0.6 is 0 Å². The number of primary amides is 1. The summed E-state index contributed by atoms with van der Waals surface area (Å²) in [4.78, 5) is 21.7. The Morgan fingerprint density at radius 2 is 2.14 bits per heavy atom. The minimum Gasteiger partial charge on any atom is -0.372 e. The zero-order valence-electron chi connectivity index (χ0n) is 12.2. The Balaban J connectivity index is 1.58. The summed E-state index contributed by atoms with van der Waals surface area (Å²) in [5.74, 6) is 0.333. The molecule has 6 nitrogen and oxygen atoms in total. The molecule has 2 aromatic rings. The summed E-state index contributed by atoms with van der Waals surface area (Å²) >= 11 is 0. The van der Waals surface area contributed by atoms with Gasteiger partial charge in [-0.1, -0.05) is 0 Å². The highest BCUT2D eigenvalue weighted by molar-refractivity contribution is 5.93. The lowest BCUT2D eigenvalue weighted by atomic mass is 10.2. The molecule has 22 heavy (non-hydrogen) atoms. The first-order chi connectivity index (χ1) is 10.7. The summed E-state index contributed by atoms with van der Waals surface area (Å²) in [7, 11) is 0. The van der Waals surface area contributed by atoms with E-state index in [0.717, 1.165) is 30.9 Å².